The quantitative estimate of drug-likeness (QED) is 0.703. The van der Waals surface area contributed by atoms with E-state index in [1.807, 2.05) is 25.1 Å². The Hall–Kier alpha value is -1.22. The van der Waals surface area contributed by atoms with Crippen LogP contribution in [0.1, 0.15) is 18.3 Å². The smallest absolute Gasteiger partial charge is 0.155 e. The predicted octanol–water partition coefficient (Wildman–Crippen LogP) is 1.50. The highest BCUT2D eigenvalue weighted by atomic mass is 16.5. The van der Waals surface area contributed by atoms with Crippen LogP contribution in [0.15, 0.2) is 18.2 Å². The topological polar surface area (TPSA) is 39.2 Å². The molecule has 3 nitrogen and oxygen atoms in total. The lowest BCUT2D eigenvalue weighted by Gasteiger charge is -2.01. The summed E-state index contributed by atoms with van der Waals surface area (Å²) >= 11 is 0. The summed E-state index contributed by atoms with van der Waals surface area (Å²) in [4.78, 5) is 14.8. The number of aryl methyl sites for hydroxylation is 1. The van der Waals surface area contributed by atoms with Crippen molar-refractivity contribution in [1.82, 2.24) is 4.98 Å². The lowest BCUT2D eigenvalue weighted by Crippen LogP contribution is -2.04. The third-order valence-corrected chi connectivity index (χ3v) is 1.50. The molecule has 1 rings (SSSR count). The molecule has 1 heterocycles. The van der Waals surface area contributed by atoms with Crippen molar-refractivity contribution < 1.29 is 9.53 Å². The van der Waals surface area contributed by atoms with Gasteiger partial charge in [0.05, 0.1) is 12.3 Å². The Balaban J connectivity index is 2.41. The van der Waals surface area contributed by atoms with E-state index in [9.17, 15) is 4.79 Å². The molecule has 0 amide bonds. The number of ether oxygens (including phenoxy) is 1. The van der Waals surface area contributed by atoms with E-state index in [-0.39, 0.29) is 12.4 Å². The van der Waals surface area contributed by atoms with Gasteiger partial charge in [-0.3, -0.25) is 9.78 Å². The average molecular weight is 179 g/mol. The van der Waals surface area contributed by atoms with Crippen molar-refractivity contribution >= 4 is 5.78 Å². The average Bonchev–Trinajstić information content (AvgIpc) is 2.03. The second kappa shape index (κ2) is 4.72. The van der Waals surface area contributed by atoms with Crippen LogP contribution in [-0.4, -0.2) is 17.4 Å². The van der Waals surface area contributed by atoms with Gasteiger partial charge in [0.2, 0.25) is 0 Å². The molecule has 0 bridgehead atoms. The molecule has 0 aliphatic heterocycles. The predicted molar refractivity (Wildman–Crippen MR) is 49.3 cm³/mol. The van der Waals surface area contributed by atoms with Gasteiger partial charge in [0.1, 0.15) is 6.61 Å². The molecule has 1 aromatic rings. The van der Waals surface area contributed by atoms with Crippen LogP contribution in [0.3, 0.4) is 0 Å². The number of carbonyl (C=O) groups is 1. The minimum atomic E-state index is 0.0349. The van der Waals surface area contributed by atoms with Crippen LogP contribution in [0.25, 0.3) is 0 Å². The Bertz CT molecular complexity index is 297. The molecule has 0 saturated carbocycles. The molecule has 3 heteroatoms. The maximum absolute atomic E-state index is 10.6. The van der Waals surface area contributed by atoms with Gasteiger partial charge in [0, 0.05) is 5.69 Å². The van der Waals surface area contributed by atoms with Crippen LogP contribution in [0.5, 0.6) is 0 Å². The summed E-state index contributed by atoms with van der Waals surface area (Å²) in [5, 5.41) is 0. The molecule has 0 spiro atoms. The van der Waals surface area contributed by atoms with Crippen LogP contribution in [0, 0.1) is 6.92 Å². The number of pyridine rings is 1. The van der Waals surface area contributed by atoms with Gasteiger partial charge in [-0.1, -0.05) is 6.07 Å². The Morgan fingerprint density at radius 3 is 2.92 bits per heavy atom. The molecule has 1 aromatic heterocycles. The Kier molecular flexibility index (Phi) is 3.58. The van der Waals surface area contributed by atoms with Crippen LogP contribution in [-0.2, 0) is 16.1 Å². The summed E-state index contributed by atoms with van der Waals surface area (Å²) in [6.45, 7) is 4.00. The van der Waals surface area contributed by atoms with Gasteiger partial charge in [0.15, 0.2) is 5.78 Å². The highest BCUT2D eigenvalue weighted by Gasteiger charge is 1.96. The largest absolute Gasteiger partial charge is 0.367 e. The molecule has 0 fully saturated rings. The number of ketones is 1. The molecule has 70 valence electrons. The monoisotopic (exact) mass is 179 g/mol. The number of hydrogen-bond acceptors (Lipinski definition) is 3. The number of hydrogen-bond donors (Lipinski definition) is 0. The van der Waals surface area contributed by atoms with Gasteiger partial charge in [0.25, 0.3) is 0 Å². The van der Waals surface area contributed by atoms with E-state index in [4.69, 9.17) is 4.74 Å². The fourth-order valence-electron chi connectivity index (χ4n) is 0.979. The van der Waals surface area contributed by atoms with Crippen molar-refractivity contribution in [3.05, 3.63) is 29.6 Å². The normalized spacial score (nSPS) is 10.0. The molecule has 13 heavy (non-hydrogen) atoms. The molecule has 0 unspecified atom stereocenters. The van der Waals surface area contributed by atoms with Crippen LogP contribution in [0.2, 0.25) is 0 Å². The molecule has 0 N–H and O–H groups in total. The molecule has 0 atom stereocenters. The van der Waals surface area contributed by atoms with Gasteiger partial charge < -0.3 is 4.74 Å². The Morgan fingerprint density at radius 2 is 2.31 bits per heavy atom. The first-order chi connectivity index (χ1) is 6.18. The minimum Gasteiger partial charge on any atom is -0.367 e. The maximum atomic E-state index is 10.6. The zero-order valence-corrected chi connectivity index (χ0v) is 7.91. The van der Waals surface area contributed by atoms with Crippen molar-refractivity contribution in [2.24, 2.45) is 0 Å². The molecule has 0 aliphatic rings. The number of rotatable bonds is 4. The highest BCUT2D eigenvalue weighted by Crippen LogP contribution is 1.99. The first-order valence-electron chi connectivity index (χ1n) is 4.18. The molecule has 0 radical (unpaired) electrons. The third-order valence-electron chi connectivity index (χ3n) is 1.50. The highest BCUT2D eigenvalue weighted by molar-refractivity contribution is 5.76. The summed E-state index contributed by atoms with van der Waals surface area (Å²) < 4.78 is 5.12. The Morgan fingerprint density at radius 1 is 1.54 bits per heavy atom. The standard InChI is InChI=1S/C10H13NO2/c1-8-4-3-5-10(11-8)7-13-6-9(2)12/h3-5H,6-7H2,1-2H3. The van der Waals surface area contributed by atoms with Crippen molar-refractivity contribution in [2.45, 2.75) is 20.5 Å². The minimum absolute atomic E-state index is 0.0349. The lowest BCUT2D eigenvalue weighted by molar-refractivity contribution is -0.121. The summed E-state index contributed by atoms with van der Waals surface area (Å²) in [6, 6.07) is 5.73. The zero-order valence-electron chi connectivity index (χ0n) is 7.91. The third kappa shape index (κ3) is 3.80. The number of nitrogens with zero attached hydrogens (tertiary/aromatic N) is 1. The van der Waals surface area contributed by atoms with Gasteiger partial charge in [-0.2, -0.15) is 0 Å². The number of Topliss-reactive ketones (excluding diaryl/α,β-unsaturated/α-hetero) is 1. The van der Waals surface area contributed by atoms with E-state index in [2.05, 4.69) is 4.98 Å². The van der Waals surface area contributed by atoms with E-state index < -0.39 is 0 Å². The van der Waals surface area contributed by atoms with Crippen LogP contribution >= 0.6 is 0 Å². The van der Waals surface area contributed by atoms with E-state index in [0.29, 0.717) is 6.61 Å². The van der Waals surface area contributed by atoms with Crippen LogP contribution < -0.4 is 0 Å². The summed E-state index contributed by atoms with van der Waals surface area (Å²) in [7, 11) is 0. The molecular weight excluding hydrogens is 166 g/mol. The summed E-state index contributed by atoms with van der Waals surface area (Å²) in [6.07, 6.45) is 0. The van der Waals surface area contributed by atoms with Gasteiger partial charge in [-0.15, -0.1) is 0 Å². The second-order valence-corrected chi connectivity index (χ2v) is 2.97. The van der Waals surface area contributed by atoms with E-state index in [1.54, 1.807) is 0 Å². The molecule has 0 aliphatic carbocycles. The second-order valence-electron chi connectivity index (χ2n) is 2.97. The fourth-order valence-corrected chi connectivity index (χ4v) is 0.979. The molecule has 0 saturated heterocycles. The number of aromatic nitrogens is 1. The maximum Gasteiger partial charge on any atom is 0.155 e. The molecule has 0 aromatic carbocycles. The van der Waals surface area contributed by atoms with Gasteiger partial charge in [-0.05, 0) is 26.0 Å². The fraction of sp³-hybridized carbons (Fsp3) is 0.400. The lowest BCUT2D eigenvalue weighted by atomic mass is 10.3. The zero-order chi connectivity index (χ0) is 9.68. The summed E-state index contributed by atoms with van der Waals surface area (Å²) in [5.41, 5.74) is 1.82. The van der Waals surface area contributed by atoms with Crippen molar-refractivity contribution in [1.29, 1.82) is 0 Å². The van der Waals surface area contributed by atoms with Gasteiger partial charge in [-0.25, -0.2) is 0 Å². The van der Waals surface area contributed by atoms with E-state index in [1.165, 1.54) is 6.92 Å². The Labute approximate surface area is 77.8 Å². The first-order valence-corrected chi connectivity index (χ1v) is 4.18. The van der Waals surface area contributed by atoms with Gasteiger partial charge >= 0.3 is 0 Å². The van der Waals surface area contributed by atoms with Crippen molar-refractivity contribution in [3.63, 3.8) is 0 Å². The van der Waals surface area contributed by atoms with E-state index in [0.717, 1.165) is 11.4 Å². The van der Waals surface area contributed by atoms with E-state index >= 15 is 0 Å². The molecular formula is C10H13NO2. The number of carbonyl (C=O) groups excluding carboxylic acids is 1. The van der Waals surface area contributed by atoms with Crippen molar-refractivity contribution in [2.75, 3.05) is 6.61 Å². The SMILES string of the molecule is CC(=O)COCc1cccc(C)n1. The van der Waals surface area contributed by atoms with Crippen LogP contribution in [0.4, 0.5) is 0 Å². The van der Waals surface area contributed by atoms with Crippen molar-refractivity contribution in [3.8, 4) is 0 Å². The first kappa shape index (κ1) is 9.86. The summed E-state index contributed by atoms with van der Waals surface area (Å²) in [5.74, 6) is 0.0349.